The summed E-state index contributed by atoms with van der Waals surface area (Å²) in [6.45, 7) is 9.99. The Labute approximate surface area is 114 Å². The Balaban J connectivity index is 2.64. The van der Waals surface area contributed by atoms with E-state index in [4.69, 9.17) is 0 Å². The zero-order chi connectivity index (χ0) is 14.4. The Morgan fingerprint density at radius 1 is 1.32 bits per heavy atom. The average molecular weight is 259 g/mol. The molecule has 0 saturated heterocycles. The van der Waals surface area contributed by atoms with Crippen LogP contribution in [0, 0.1) is 6.92 Å². The molecule has 1 aromatic carbocycles. The summed E-state index contributed by atoms with van der Waals surface area (Å²) in [4.78, 5) is 13.4. The number of aliphatic carboxylic acids is 1. The van der Waals surface area contributed by atoms with Crippen molar-refractivity contribution < 1.29 is 9.90 Å². The lowest BCUT2D eigenvalue weighted by atomic mass is 9.87. The normalized spacial score (nSPS) is 18.6. The van der Waals surface area contributed by atoms with Gasteiger partial charge in [-0.1, -0.05) is 17.7 Å². The van der Waals surface area contributed by atoms with Gasteiger partial charge in [0.2, 0.25) is 0 Å². The summed E-state index contributed by atoms with van der Waals surface area (Å²) in [5, 5.41) is 9.35. The lowest BCUT2D eigenvalue weighted by molar-refractivity contribution is -0.138. The van der Waals surface area contributed by atoms with E-state index < -0.39 is 12.0 Å². The molecule has 0 amide bonds. The fourth-order valence-electron chi connectivity index (χ4n) is 2.98. The van der Waals surface area contributed by atoms with Crippen LogP contribution in [0.2, 0.25) is 0 Å². The molecule has 0 unspecified atom stereocenters. The molecule has 0 saturated carbocycles. The second-order valence-corrected chi connectivity index (χ2v) is 5.89. The topological polar surface area (TPSA) is 40.5 Å². The van der Waals surface area contributed by atoms with E-state index in [0.29, 0.717) is 0 Å². The zero-order valence-electron chi connectivity index (χ0n) is 12.2. The molecule has 19 heavy (non-hydrogen) atoms. The molecule has 0 radical (unpaired) electrons. The van der Waals surface area contributed by atoms with Crippen molar-refractivity contribution >= 4 is 17.2 Å². The monoisotopic (exact) mass is 259 g/mol. The largest absolute Gasteiger partial charge is 0.480 e. The highest BCUT2D eigenvalue weighted by atomic mass is 16.4. The van der Waals surface area contributed by atoms with Crippen LogP contribution in [0.3, 0.4) is 0 Å². The second kappa shape index (κ2) is 4.41. The van der Waals surface area contributed by atoms with Gasteiger partial charge in [0.15, 0.2) is 0 Å². The van der Waals surface area contributed by atoms with Gasteiger partial charge in [-0.15, -0.1) is 0 Å². The summed E-state index contributed by atoms with van der Waals surface area (Å²) in [6.07, 6.45) is 2.15. The molecule has 3 nitrogen and oxygen atoms in total. The molecule has 0 aliphatic carbocycles. The third kappa shape index (κ3) is 2.25. The van der Waals surface area contributed by atoms with Crippen LogP contribution in [-0.2, 0) is 4.79 Å². The number of anilines is 1. The number of rotatable bonds is 2. The number of hydrogen-bond acceptors (Lipinski definition) is 2. The third-order valence-corrected chi connectivity index (χ3v) is 3.77. The number of carbonyl (C=O) groups is 1. The van der Waals surface area contributed by atoms with Crippen molar-refractivity contribution in [1.82, 2.24) is 0 Å². The maximum absolute atomic E-state index is 11.4. The van der Waals surface area contributed by atoms with Gasteiger partial charge >= 0.3 is 5.97 Å². The standard InChI is InChI=1S/C16H21NO2/c1-10-6-7-14-13(8-10)11(2)9-16(4,5)17(14)12(3)15(18)19/h6-9,12H,1-5H3,(H,18,19)/t12-/m0/s1. The van der Waals surface area contributed by atoms with E-state index in [1.165, 1.54) is 11.1 Å². The molecule has 0 fully saturated rings. The van der Waals surface area contributed by atoms with Gasteiger partial charge in [0, 0.05) is 11.3 Å². The number of fused-ring (bicyclic) bond motifs is 1. The highest BCUT2D eigenvalue weighted by Crippen LogP contribution is 2.40. The van der Waals surface area contributed by atoms with Gasteiger partial charge in [0.25, 0.3) is 0 Å². The summed E-state index contributed by atoms with van der Waals surface area (Å²) in [5.41, 5.74) is 4.23. The molecule has 1 N–H and O–H groups in total. The molecule has 2 rings (SSSR count). The van der Waals surface area contributed by atoms with Gasteiger partial charge in [-0.3, -0.25) is 0 Å². The Morgan fingerprint density at radius 2 is 1.95 bits per heavy atom. The van der Waals surface area contributed by atoms with Crippen molar-refractivity contribution in [2.24, 2.45) is 0 Å². The minimum absolute atomic E-state index is 0.301. The van der Waals surface area contributed by atoms with Crippen LogP contribution in [0.15, 0.2) is 24.3 Å². The molecule has 1 aliphatic heterocycles. The fraction of sp³-hybridized carbons (Fsp3) is 0.438. The molecule has 0 aromatic heterocycles. The van der Waals surface area contributed by atoms with Crippen LogP contribution in [0.4, 0.5) is 5.69 Å². The lowest BCUT2D eigenvalue weighted by Crippen LogP contribution is -2.53. The molecule has 0 spiro atoms. The first-order chi connectivity index (χ1) is 8.74. The smallest absolute Gasteiger partial charge is 0.326 e. The molecular weight excluding hydrogens is 238 g/mol. The van der Waals surface area contributed by atoms with Crippen molar-refractivity contribution in [3.05, 3.63) is 35.4 Å². The molecule has 102 valence electrons. The zero-order valence-corrected chi connectivity index (χ0v) is 12.2. The minimum atomic E-state index is -0.799. The van der Waals surface area contributed by atoms with Gasteiger partial charge in [-0.05, 0) is 52.3 Å². The van der Waals surface area contributed by atoms with Crippen LogP contribution in [-0.4, -0.2) is 22.7 Å². The maximum atomic E-state index is 11.4. The molecule has 1 aromatic rings. The van der Waals surface area contributed by atoms with Gasteiger partial charge in [0.1, 0.15) is 6.04 Å². The highest BCUT2D eigenvalue weighted by Gasteiger charge is 2.36. The van der Waals surface area contributed by atoms with Gasteiger partial charge in [-0.2, -0.15) is 0 Å². The summed E-state index contributed by atoms with van der Waals surface area (Å²) >= 11 is 0. The maximum Gasteiger partial charge on any atom is 0.326 e. The van der Waals surface area contributed by atoms with E-state index in [1.54, 1.807) is 6.92 Å². The first-order valence-electron chi connectivity index (χ1n) is 6.56. The average Bonchev–Trinajstić information content (AvgIpc) is 2.28. The number of allylic oxidation sites excluding steroid dienone is 1. The van der Waals surface area contributed by atoms with E-state index in [-0.39, 0.29) is 5.54 Å². The van der Waals surface area contributed by atoms with Crippen LogP contribution in [0.25, 0.3) is 5.57 Å². The highest BCUT2D eigenvalue weighted by molar-refractivity contribution is 5.86. The second-order valence-electron chi connectivity index (χ2n) is 5.89. The third-order valence-electron chi connectivity index (χ3n) is 3.77. The van der Waals surface area contributed by atoms with E-state index in [2.05, 4.69) is 39.8 Å². The van der Waals surface area contributed by atoms with E-state index in [1.807, 2.05) is 17.0 Å². The predicted octanol–water partition coefficient (Wildman–Crippen LogP) is 3.47. The van der Waals surface area contributed by atoms with E-state index in [0.717, 1.165) is 11.3 Å². The molecule has 1 heterocycles. The first-order valence-corrected chi connectivity index (χ1v) is 6.56. The van der Waals surface area contributed by atoms with Crippen molar-refractivity contribution in [2.75, 3.05) is 4.90 Å². The van der Waals surface area contributed by atoms with Crippen LogP contribution >= 0.6 is 0 Å². The lowest BCUT2D eigenvalue weighted by Gasteiger charge is -2.45. The van der Waals surface area contributed by atoms with Gasteiger partial charge in [0.05, 0.1) is 5.54 Å². The van der Waals surface area contributed by atoms with Crippen molar-refractivity contribution in [1.29, 1.82) is 0 Å². The number of aryl methyl sites for hydroxylation is 1. The SMILES string of the molecule is CC1=CC(C)(C)N([C@@H](C)C(=O)O)c2ccc(C)cc21. The molecule has 0 bridgehead atoms. The van der Waals surface area contributed by atoms with Crippen molar-refractivity contribution in [3.63, 3.8) is 0 Å². The summed E-state index contributed by atoms with van der Waals surface area (Å²) in [5.74, 6) is -0.799. The number of hydrogen-bond donors (Lipinski definition) is 1. The minimum Gasteiger partial charge on any atom is -0.480 e. The summed E-state index contributed by atoms with van der Waals surface area (Å²) < 4.78 is 0. The van der Waals surface area contributed by atoms with Crippen LogP contribution in [0.5, 0.6) is 0 Å². The van der Waals surface area contributed by atoms with E-state index in [9.17, 15) is 9.90 Å². The fourth-order valence-corrected chi connectivity index (χ4v) is 2.98. The quantitative estimate of drug-likeness (QED) is 0.884. The molecular formula is C16H21NO2. The van der Waals surface area contributed by atoms with Crippen LogP contribution in [0.1, 0.15) is 38.8 Å². The Bertz CT molecular complexity index is 558. The van der Waals surface area contributed by atoms with Gasteiger partial charge in [-0.25, -0.2) is 4.79 Å². The van der Waals surface area contributed by atoms with Crippen LogP contribution < -0.4 is 4.90 Å². The molecule has 1 aliphatic rings. The summed E-state index contributed by atoms with van der Waals surface area (Å²) in [6, 6.07) is 5.64. The number of carboxylic acids is 1. The predicted molar refractivity (Wildman–Crippen MR) is 78.5 cm³/mol. The van der Waals surface area contributed by atoms with E-state index >= 15 is 0 Å². The number of carboxylic acid groups (broad SMARTS) is 1. The number of nitrogens with zero attached hydrogens (tertiary/aromatic N) is 1. The summed E-state index contributed by atoms with van der Waals surface area (Å²) in [7, 11) is 0. The first kappa shape index (κ1) is 13.7. The Morgan fingerprint density at radius 3 is 2.53 bits per heavy atom. The van der Waals surface area contributed by atoms with Crippen molar-refractivity contribution in [2.45, 2.75) is 46.2 Å². The van der Waals surface area contributed by atoms with Gasteiger partial charge < -0.3 is 10.0 Å². The molecule has 3 heteroatoms. The molecule has 1 atom stereocenters. The number of benzene rings is 1. The van der Waals surface area contributed by atoms with Crippen molar-refractivity contribution in [3.8, 4) is 0 Å². The Kier molecular flexibility index (Phi) is 3.17. The Hall–Kier alpha value is -1.77.